The molecular formula is C9H15FN4. The molecule has 1 atom stereocenters. The summed E-state index contributed by atoms with van der Waals surface area (Å²) in [6.07, 6.45) is 3.46. The predicted molar refractivity (Wildman–Crippen MR) is 50.5 cm³/mol. The number of aromatic nitrogens is 3. The van der Waals surface area contributed by atoms with Crippen LogP contribution in [0.5, 0.6) is 0 Å². The van der Waals surface area contributed by atoms with Crippen molar-refractivity contribution in [1.29, 1.82) is 0 Å². The summed E-state index contributed by atoms with van der Waals surface area (Å²) < 4.78 is 16.1. The molecule has 1 aliphatic heterocycles. The minimum absolute atomic E-state index is 0.508. The first-order valence-electron chi connectivity index (χ1n) is 4.97. The third-order valence-corrected chi connectivity index (χ3v) is 2.80. The van der Waals surface area contributed by atoms with Gasteiger partial charge in [-0.15, -0.1) is 5.10 Å². The normalized spacial score (nSPS) is 28.7. The van der Waals surface area contributed by atoms with Crippen LogP contribution in [0.1, 0.15) is 25.0 Å². The molecule has 78 valence electrons. The molecule has 0 radical (unpaired) electrons. The minimum atomic E-state index is -1.25. The first-order chi connectivity index (χ1) is 6.72. The lowest BCUT2D eigenvalue weighted by Crippen LogP contribution is -2.25. The Morgan fingerprint density at radius 3 is 3.07 bits per heavy atom. The second kappa shape index (κ2) is 3.65. The molecule has 4 nitrogen and oxygen atoms in total. The Hall–Kier alpha value is -0.970. The summed E-state index contributed by atoms with van der Waals surface area (Å²) in [7, 11) is 1.74. The molecule has 1 aromatic rings. The third kappa shape index (κ3) is 1.64. The van der Waals surface area contributed by atoms with Gasteiger partial charge in [0.15, 0.2) is 5.67 Å². The van der Waals surface area contributed by atoms with Crippen LogP contribution in [-0.2, 0) is 12.7 Å². The van der Waals surface area contributed by atoms with E-state index in [1.54, 1.807) is 7.05 Å². The molecule has 1 N–H and O–H groups in total. The van der Waals surface area contributed by atoms with Crippen molar-refractivity contribution in [2.45, 2.75) is 24.9 Å². The van der Waals surface area contributed by atoms with E-state index in [1.807, 2.05) is 0 Å². The highest BCUT2D eigenvalue weighted by atomic mass is 19.1. The summed E-state index contributed by atoms with van der Waals surface area (Å²) in [6, 6.07) is 0. The summed E-state index contributed by atoms with van der Waals surface area (Å²) in [5.41, 5.74) is -0.650. The summed E-state index contributed by atoms with van der Waals surface area (Å²) in [4.78, 5) is 0. The molecule has 0 bridgehead atoms. The van der Waals surface area contributed by atoms with Gasteiger partial charge in [0.25, 0.3) is 0 Å². The van der Waals surface area contributed by atoms with E-state index in [4.69, 9.17) is 0 Å². The second-order valence-electron chi connectivity index (χ2n) is 3.81. The van der Waals surface area contributed by atoms with Crippen LogP contribution < -0.4 is 5.32 Å². The number of nitrogens with one attached hydrogen (secondary N) is 1. The lowest BCUT2D eigenvalue weighted by Gasteiger charge is -2.22. The van der Waals surface area contributed by atoms with E-state index in [9.17, 15) is 4.39 Å². The number of alkyl halides is 1. The van der Waals surface area contributed by atoms with Gasteiger partial charge in [0.2, 0.25) is 0 Å². The van der Waals surface area contributed by atoms with Gasteiger partial charge in [-0.2, -0.15) is 0 Å². The van der Waals surface area contributed by atoms with Crippen LogP contribution >= 0.6 is 0 Å². The minimum Gasteiger partial charge on any atom is -0.317 e. The Kier molecular flexibility index (Phi) is 2.50. The van der Waals surface area contributed by atoms with Crippen molar-refractivity contribution < 1.29 is 4.39 Å². The maximum absolute atomic E-state index is 14.5. The monoisotopic (exact) mass is 198 g/mol. The van der Waals surface area contributed by atoms with Gasteiger partial charge in [-0.3, -0.25) is 0 Å². The fourth-order valence-corrected chi connectivity index (χ4v) is 1.98. The van der Waals surface area contributed by atoms with Gasteiger partial charge in [-0.1, -0.05) is 5.21 Å². The number of hydrogen-bond donors (Lipinski definition) is 1. The SMILES string of the molecule is Cn1nncc1C1(F)CCCNCC1. The van der Waals surface area contributed by atoms with Crippen molar-refractivity contribution in [2.24, 2.45) is 7.05 Å². The van der Waals surface area contributed by atoms with Crippen LogP contribution in [0.25, 0.3) is 0 Å². The van der Waals surface area contributed by atoms with Crippen molar-refractivity contribution in [3.8, 4) is 0 Å². The average molecular weight is 198 g/mol. The fraction of sp³-hybridized carbons (Fsp3) is 0.778. The molecule has 5 heteroatoms. The molecule has 0 amide bonds. The highest BCUT2D eigenvalue weighted by Gasteiger charge is 2.35. The van der Waals surface area contributed by atoms with E-state index in [1.165, 1.54) is 10.9 Å². The summed E-state index contributed by atoms with van der Waals surface area (Å²) in [5, 5.41) is 10.7. The van der Waals surface area contributed by atoms with Crippen LogP contribution in [0, 0.1) is 0 Å². The Labute approximate surface area is 82.5 Å². The Balaban J connectivity index is 2.25. The zero-order valence-corrected chi connectivity index (χ0v) is 8.33. The molecule has 2 heterocycles. The van der Waals surface area contributed by atoms with E-state index in [0.717, 1.165) is 19.5 Å². The molecule has 0 aromatic carbocycles. The van der Waals surface area contributed by atoms with Gasteiger partial charge in [0.1, 0.15) is 0 Å². The molecule has 0 saturated carbocycles. The molecule has 0 spiro atoms. The lowest BCUT2D eigenvalue weighted by atomic mass is 9.93. The Morgan fingerprint density at radius 2 is 2.36 bits per heavy atom. The van der Waals surface area contributed by atoms with Gasteiger partial charge in [-0.25, -0.2) is 9.07 Å². The molecule has 1 aliphatic rings. The Morgan fingerprint density at radius 1 is 1.50 bits per heavy atom. The molecular weight excluding hydrogens is 183 g/mol. The van der Waals surface area contributed by atoms with E-state index >= 15 is 0 Å². The number of rotatable bonds is 1. The van der Waals surface area contributed by atoms with Crippen LogP contribution in [0.15, 0.2) is 6.20 Å². The standard InChI is InChI=1S/C9H15FN4/c1-14-8(7-12-13-14)9(10)3-2-5-11-6-4-9/h7,11H,2-6H2,1H3. The third-order valence-electron chi connectivity index (χ3n) is 2.80. The predicted octanol–water partition coefficient (Wildman–Crippen LogP) is 0.753. The zero-order valence-electron chi connectivity index (χ0n) is 8.33. The second-order valence-corrected chi connectivity index (χ2v) is 3.81. The first-order valence-corrected chi connectivity index (χ1v) is 4.97. The van der Waals surface area contributed by atoms with Crippen LogP contribution in [0.4, 0.5) is 4.39 Å². The van der Waals surface area contributed by atoms with E-state index in [0.29, 0.717) is 18.5 Å². The average Bonchev–Trinajstić information content (AvgIpc) is 2.46. The van der Waals surface area contributed by atoms with Gasteiger partial charge in [-0.05, 0) is 32.4 Å². The fourth-order valence-electron chi connectivity index (χ4n) is 1.98. The van der Waals surface area contributed by atoms with Crippen LogP contribution in [0.2, 0.25) is 0 Å². The van der Waals surface area contributed by atoms with Crippen molar-refractivity contribution in [3.05, 3.63) is 11.9 Å². The lowest BCUT2D eigenvalue weighted by molar-refractivity contribution is 0.133. The van der Waals surface area contributed by atoms with Gasteiger partial charge < -0.3 is 5.32 Å². The maximum atomic E-state index is 14.5. The molecule has 2 rings (SSSR count). The number of nitrogens with zero attached hydrogens (tertiary/aromatic N) is 3. The van der Waals surface area contributed by atoms with Crippen molar-refractivity contribution in [1.82, 2.24) is 20.3 Å². The van der Waals surface area contributed by atoms with Crippen LogP contribution in [-0.4, -0.2) is 28.1 Å². The highest BCUT2D eigenvalue weighted by Crippen LogP contribution is 2.34. The molecule has 1 aromatic heterocycles. The highest BCUT2D eigenvalue weighted by molar-refractivity contribution is 5.08. The van der Waals surface area contributed by atoms with Crippen molar-refractivity contribution >= 4 is 0 Å². The van der Waals surface area contributed by atoms with Gasteiger partial charge in [0.05, 0.1) is 11.9 Å². The smallest absolute Gasteiger partial charge is 0.155 e. The zero-order chi connectivity index (χ0) is 10.0. The van der Waals surface area contributed by atoms with Crippen molar-refractivity contribution in [2.75, 3.05) is 13.1 Å². The van der Waals surface area contributed by atoms with E-state index in [-0.39, 0.29) is 0 Å². The van der Waals surface area contributed by atoms with Crippen LogP contribution in [0.3, 0.4) is 0 Å². The molecule has 1 saturated heterocycles. The summed E-state index contributed by atoms with van der Waals surface area (Å²) >= 11 is 0. The largest absolute Gasteiger partial charge is 0.317 e. The topological polar surface area (TPSA) is 42.7 Å². The Bertz CT molecular complexity index is 302. The maximum Gasteiger partial charge on any atom is 0.155 e. The molecule has 0 aliphatic carbocycles. The number of hydrogen-bond acceptors (Lipinski definition) is 3. The number of aryl methyl sites for hydroxylation is 1. The molecule has 14 heavy (non-hydrogen) atoms. The first kappa shape index (κ1) is 9.58. The van der Waals surface area contributed by atoms with Crippen molar-refractivity contribution in [3.63, 3.8) is 0 Å². The molecule has 1 fully saturated rings. The number of halogens is 1. The van der Waals surface area contributed by atoms with E-state index < -0.39 is 5.67 Å². The summed E-state index contributed by atoms with van der Waals surface area (Å²) in [6.45, 7) is 1.62. The van der Waals surface area contributed by atoms with Gasteiger partial charge in [0, 0.05) is 7.05 Å². The van der Waals surface area contributed by atoms with E-state index in [2.05, 4.69) is 15.6 Å². The summed E-state index contributed by atoms with van der Waals surface area (Å²) in [5.74, 6) is 0. The van der Waals surface area contributed by atoms with Gasteiger partial charge >= 0.3 is 0 Å². The molecule has 1 unspecified atom stereocenters. The quantitative estimate of drug-likeness (QED) is 0.724.